The van der Waals surface area contributed by atoms with Crippen LogP contribution in [-0.2, 0) is 0 Å². The average Bonchev–Trinajstić information content (AvgIpc) is 2.13. The Morgan fingerprint density at radius 3 is 2.33 bits per heavy atom. The van der Waals surface area contributed by atoms with Gasteiger partial charge in [-0.05, 0) is 56.9 Å². The zero-order valence-corrected chi connectivity index (χ0v) is 10.2. The third-order valence-electron chi connectivity index (χ3n) is 2.76. The molecule has 0 fully saturated rings. The summed E-state index contributed by atoms with van der Waals surface area (Å²) in [6, 6.07) is 4.71. The first-order valence-electron chi connectivity index (χ1n) is 5.58. The second-order valence-electron chi connectivity index (χ2n) is 4.44. The smallest absolute Gasteiger partial charge is 0.0372 e. The van der Waals surface area contributed by atoms with Gasteiger partial charge in [-0.15, -0.1) is 0 Å². The van der Waals surface area contributed by atoms with Gasteiger partial charge in [0.2, 0.25) is 0 Å². The molecule has 84 valence electrons. The fraction of sp³-hybridized carbons (Fsp3) is 0.538. The van der Waals surface area contributed by atoms with Crippen LogP contribution in [0.3, 0.4) is 0 Å². The van der Waals surface area contributed by atoms with Gasteiger partial charge in [0.25, 0.3) is 0 Å². The summed E-state index contributed by atoms with van der Waals surface area (Å²) in [6.07, 6.45) is 1.01. The van der Waals surface area contributed by atoms with Crippen molar-refractivity contribution in [1.29, 1.82) is 0 Å². The van der Waals surface area contributed by atoms with Crippen molar-refractivity contribution in [1.82, 2.24) is 0 Å². The summed E-state index contributed by atoms with van der Waals surface area (Å²) in [6.45, 7) is 9.41. The van der Waals surface area contributed by atoms with Crippen molar-refractivity contribution < 1.29 is 0 Å². The van der Waals surface area contributed by atoms with E-state index in [1.807, 2.05) is 6.92 Å². The molecule has 1 atom stereocenters. The van der Waals surface area contributed by atoms with Crippen LogP contribution in [0.4, 0.5) is 5.69 Å². The highest BCUT2D eigenvalue weighted by Gasteiger charge is 2.01. The molecule has 0 radical (unpaired) electrons. The lowest BCUT2D eigenvalue weighted by atomic mass is 10.0. The van der Waals surface area contributed by atoms with E-state index in [1.165, 1.54) is 22.4 Å². The van der Waals surface area contributed by atoms with Gasteiger partial charge in [-0.1, -0.05) is 6.07 Å². The molecule has 2 heteroatoms. The number of benzene rings is 1. The molecule has 0 bridgehead atoms. The van der Waals surface area contributed by atoms with Gasteiger partial charge in [0.15, 0.2) is 0 Å². The van der Waals surface area contributed by atoms with Crippen molar-refractivity contribution in [2.75, 3.05) is 11.9 Å². The molecule has 0 saturated carbocycles. The third kappa shape index (κ3) is 3.56. The second kappa shape index (κ2) is 5.17. The molecular weight excluding hydrogens is 184 g/mol. The maximum absolute atomic E-state index is 5.71. The van der Waals surface area contributed by atoms with Gasteiger partial charge in [-0.3, -0.25) is 0 Å². The first-order chi connectivity index (χ1) is 7.00. The number of rotatable bonds is 4. The molecule has 1 unspecified atom stereocenters. The summed E-state index contributed by atoms with van der Waals surface area (Å²) in [7, 11) is 0. The molecule has 0 aliphatic carbocycles. The Bertz CT molecular complexity index is 330. The second-order valence-corrected chi connectivity index (χ2v) is 4.44. The minimum atomic E-state index is 0.268. The van der Waals surface area contributed by atoms with Gasteiger partial charge in [0, 0.05) is 18.3 Å². The molecule has 1 aromatic rings. The van der Waals surface area contributed by atoms with E-state index < -0.39 is 0 Å². The van der Waals surface area contributed by atoms with Gasteiger partial charge in [-0.2, -0.15) is 0 Å². The number of hydrogen-bond donors (Lipinski definition) is 2. The topological polar surface area (TPSA) is 38.0 Å². The zero-order valence-electron chi connectivity index (χ0n) is 10.2. The van der Waals surface area contributed by atoms with Crippen molar-refractivity contribution >= 4 is 5.69 Å². The van der Waals surface area contributed by atoms with E-state index in [-0.39, 0.29) is 6.04 Å². The number of anilines is 1. The van der Waals surface area contributed by atoms with Gasteiger partial charge < -0.3 is 11.1 Å². The zero-order chi connectivity index (χ0) is 11.4. The van der Waals surface area contributed by atoms with Crippen molar-refractivity contribution in [3.05, 3.63) is 28.8 Å². The van der Waals surface area contributed by atoms with Crippen LogP contribution in [0.1, 0.15) is 30.0 Å². The van der Waals surface area contributed by atoms with Crippen LogP contribution in [0, 0.1) is 20.8 Å². The summed E-state index contributed by atoms with van der Waals surface area (Å²) >= 11 is 0. The highest BCUT2D eigenvalue weighted by atomic mass is 14.9. The van der Waals surface area contributed by atoms with Crippen LogP contribution in [0.15, 0.2) is 12.1 Å². The highest BCUT2D eigenvalue weighted by Crippen LogP contribution is 2.19. The molecule has 3 N–H and O–H groups in total. The Kier molecular flexibility index (Phi) is 4.15. The van der Waals surface area contributed by atoms with E-state index >= 15 is 0 Å². The van der Waals surface area contributed by atoms with E-state index in [1.54, 1.807) is 0 Å². The Labute approximate surface area is 92.9 Å². The maximum Gasteiger partial charge on any atom is 0.0372 e. The molecule has 0 aliphatic rings. The Balaban J connectivity index is 2.65. The summed E-state index contributed by atoms with van der Waals surface area (Å²) < 4.78 is 0. The molecule has 0 heterocycles. The first kappa shape index (κ1) is 12.1. The van der Waals surface area contributed by atoms with Crippen LogP contribution in [-0.4, -0.2) is 12.6 Å². The fourth-order valence-corrected chi connectivity index (χ4v) is 1.59. The lowest BCUT2D eigenvalue weighted by molar-refractivity contribution is 0.690. The number of nitrogens with one attached hydrogen (secondary N) is 1. The molecule has 0 saturated heterocycles. The minimum Gasteiger partial charge on any atom is -0.385 e. The molecule has 0 aliphatic heterocycles. The van der Waals surface area contributed by atoms with Gasteiger partial charge >= 0.3 is 0 Å². The molecule has 0 spiro atoms. The quantitative estimate of drug-likeness (QED) is 0.795. The first-order valence-corrected chi connectivity index (χ1v) is 5.58. The maximum atomic E-state index is 5.71. The number of nitrogens with two attached hydrogens (primary N) is 1. The normalized spacial score (nSPS) is 12.6. The number of hydrogen-bond acceptors (Lipinski definition) is 2. The highest BCUT2D eigenvalue weighted by molar-refractivity contribution is 5.54. The standard InChI is InChI=1S/C13H22N2/c1-9-7-11(3)13(8-10(9)2)15-6-5-12(4)14/h7-8,12,15H,5-6,14H2,1-4H3. The molecule has 0 amide bonds. The molecule has 15 heavy (non-hydrogen) atoms. The van der Waals surface area contributed by atoms with E-state index in [4.69, 9.17) is 5.73 Å². The van der Waals surface area contributed by atoms with E-state index in [2.05, 4.69) is 38.2 Å². The van der Waals surface area contributed by atoms with Gasteiger partial charge in [0.05, 0.1) is 0 Å². The molecule has 0 aromatic heterocycles. The van der Waals surface area contributed by atoms with Crippen LogP contribution < -0.4 is 11.1 Å². The lowest BCUT2D eigenvalue weighted by Crippen LogP contribution is -2.19. The van der Waals surface area contributed by atoms with Crippen molar-refractivity contribution in [2.45, 2.75) is 40.2 Å². The average molecular weight is 206 g/mol. The van der Waals surface area contributed by atoms with E-state index in [9.17, 15) is 0 Å². The van der Waals surface area contributed by atoms with Crippen LogP contribution in [0.5, 0.6) is 0 Å². The van der Waals surface area contributed by atoms with Crippen LogP contribution in [0.25, 0.3) is 0 Å². The summed E-state index contributed by atoms with van der Waals surface area (Å²) in [5.74, 6) is 0. The van der Waals surface area contributed by atoms with Crippen LogP contribution >= 0.6 is 0 Å². The predicted molar refractivity (Wildman–Crippen MR) is 67.4 cm³/mol. The third-order valence-corrected chi connectivity index (χ3v) is 2.76. The minimum absolute atomic E-state index is 0.268. The van der Waals surface area contributed by atoms with Gasteiger partial charge in [-0.25, -0.2) is 0 Å². The summed E-state index contributed by atoms with van der Waals surface area (Å²) in [5.41, 5.74) is 10.9. The SMILES string of the molecule is Cc1cc(C)c(NCCC(C)N)cc1C. The van der Waals surface area contributed by atoms with Crippen molar-refractivity contribution in [3.8, 4) is 0 Å². The Morgan fingerprint density at radius 1 is 1.13 bits per heavy atom. The molecule has 1 rings (SSSR count). The molecular formula is C13H22N2. The Hall–Kier alpha value is -1.02. The summed E-state index contributed by atoms with van der Waals surface area (Å²) in [5, 5.41) is 3.43. The number of aryl methyl sites for hydroxylation is 3. The Morgan fingerprint density at radius 2 is 1.73 bits per heavy atom. The van der Waals surface area contributed by atoms with Gasteiger partial charge in [0.1, 0.15) is 0 Å². The molecule has 2 nitrogen and oxygen atoms in total. The van der Waals surface area contributed by atoms with Crippen LogP contribution in [0.2, 0.25) is 0 Å². The predicted octanol–water partition coefficient (Wildman–Crippen LogP) is 2.76. The largest absolute Gasteiger partial charge is 0.385 e. The summed E-state index contributed by atoms with van der Waals surface area (Å²) in [4.78, 5) is 0. The fourth-order valence-electron chi connectivity index (χ4n) is 1.59. The lowest BCUT2D eigenvalue weighted by Gasteiger charge is -2.13. The van der Waals surface area contributed by atoms with E-state index in [0.717, 1.165) is 13.0 Å². The van der Waals surface area contributed by atoms with E-state index in [0.29, 0.717) is 0 Å². The molecule has 1 aromatic carbocycles. The van der Waals surface area contributed by atoms with Crippen molar-refractivity contribution in [2.24, 2.45) is 5.73 Å². The van der Waals surface area contributed by atoms with Crippen molar-refractivity contribution in [3.63, 3.8) is 0 Å². The monoisotopic (exact) mass is 206 g/mol.